The number of ether oxygens (including phenoxy) is 3. The van der Waals surface area contributed by atoms with Gasteiger partial charge in [-0.2, -0.15) is 0 Å². The van der Waals surface area contributed by atoms with Gasteiger partial charge in [-0.25, -0.2) is 14.6 Å². The highest BCUT2D eigenvalue weighted by Crippen LogP contribution is 2.23. The number of amides is 1. The van der Waals surface area contributed by atoms with Gasteiger partial charge in [-0.15, -0.1) is 0 Å². The second-order valence-electron chi connectivity index (χ2n) is 5.41. The minimum Gasteiger partial charge on any atom is -0.484 e. The van der Waals surface area contributed by atoms with Crippen LogP contribution < -0.4 is 10.1 Å². The summed E-state index contributed by atoms with van der Waals surface area (Å²) in [5.41, 5.74) is 0.787. The Morgan fingerprint density at radius 1 is 1.25 bits per heavy atom. The first-order chi connectivity index (χ1) is 13.4. The highest BCUT2D eigenvalue weighted by Gasteiger charge is 2.18. The first-order valence-corrected chi connectivity index (χ1v) is 9.21. The molecule has 8 nitrogen and oxygen atoms in total. The molecule has 1 amide bonds. The first kappa shape index (κ1) is 21.1. The molecule has 1 heterocycles. The molecule has 2 aromatic rings. The van der Waals surface area contributed by atoms with Crippen molar-refractivity contribution in [2.24, 2.45) is 0 Å². The van der Waals surface area contributed by atoms with Crippen LogP contribution in [0.5, 0.6) is 5.75 Å². The lowest BCUT2D eigenvalue weighted by molar-refractivity contribution is -0.118. The van der Waals surface area contributed by atoms with Crippen molar-refractivity contribution in [1.29, 1.82) is 0 Å². The predicted molar refractivity (Wildman–Crippen MR) is 104 cm³/mol. The predicted octanol–water partition coefficient (Wildman–Crippen LogP) is 2.99. The van der Waals surface area contributed by atoms with Crippen LogP contribution in [0.2, 0.25) is 0 Å². The number of nitrogens with zero attached hydrogens (tertiary/aromatic N) is 1. The standard InChI is InChI=1S/C19H20N2O6S/c1-4-9-26-18(24)16-12(3)20-19(28-16)21-15(22)11-27-14-8-6-7-13(10-14)17(23)25-5-2/h4,6-8,10H,1,5,9,11H2,2-3H3,(H,20,21,22). The monoisotopic (exact) mass is 404 g/mol. The zero-order valence-electron chi connectivity index (χ0n) is 15.5. The van der Waals surface area contributed by atoms with E-state index >= 15 is 0 Å². The van der Waals surface area contributed by atoms with Gasteiger partial charge in [0, 0.05) is 0 Å². The fourth-order valence-corrected chi connectivity index (χ4v) is 2.95. The van der Waals surface area contributed by atoms with Crippen molar-refractivity contribution in [3.8, 4) is 5.75 Å². The third kappa shape index (κ3) is 5.92. The summed E-state index contributed by atoms with van der Waals surface area (Å²) in [5, 5.41) is 2.83. The molecule has 0 aliphatic rings. The Morgan fingerprint density at radius 3 is 2.75 bits per heavy atom. The first-order valence-electron chi connectivity index (χ1n) is 8.39. The van der Waals surface area contributed by atoms with Crippen molar-refractivity contribution in [2.45, 2.75) is 13.8 Å². The molecule has 0 atom stereocenters. The van der Waals surface area contributed by atoms with Crippen LogP contribution in [0, 0.1) is 6.92 Å². The van der Waals surface area contributed by atoms with Crippen molar-refractivity contribution in [2.75, 3.05) is 25.1 Å². The minimum atomic E-state index is -0.526. The van der Waals surface area contributed by atoms with Crippen LogP contribution in [0.4, 0.5) is 5.13 Å². The zero-order chi connectivity index (χ0) is 20.5. The van der Waals surface area contributed by atoms with Crippen LogP contribution in [0.1, 0.15) is 32.6 Å². The summed E-state index contributed by atoms with van der Waals surface area (Å²) in [6.45, 7) is 6.91. The van der Waals surface area contributed by atoms with Crippen LogP contribution in [0.15, 0.2) is 36.9 Å². The molecule has 2 rings (SSSR count). The molecule has 148 valence electrons. The molecule has 0 fully saturated rings. The molecule has 0 saturated carbocycles. The van der Waals surface area contributed by atoms with Gasteiger partial charge in [-0.3, -0.25) is 10.1 Å². The minimum absolute atomic E-state index is 0.0938. The number of hydrogen-bond donors (Lipinski definition) is 1. The Labute approximate surface area is 166 Å². The summed E-state index contributed by atoms with van der Waals surface area (Å²) in [6.07, 6.45) is 1.46. The number of esters is 2. The lowest BCUT2D eigenvalue weighted by Crippen LogP contribution is -2.20. The van der Waals surface area contributed by atoms with Gasteiger partial charge >= 0.3 is 11.9 Å². The van der Waals surface area contributed by atoms with E-state index in [1.165, 1.54) is 12.1 Å². The van der Waals surface area contributed by atoms with Gasteiger partial charge in [0.15, 0.2) is 11.7 Å². The Balaban J connectivity index is 1.93. The summed E-state index contributed by atoms with van der Waals surface area (Å²) in [7, 11) is 0. The lowest BCUT2D eigenvalue weighted by Gasteiger charge is -2.07. The summed E-state index contributed by atoms with van der Waals surface area (Å²) in [5.74, 6) is -1.10. The van der Waals surface area contributed by atoms with E-state index in [-0.39, 0.29) is 25.0 Å². The number of anilines is 1. The SMILES string of the molecule is C=CCOC(=O)c1sc(NC(=O)COc2cccc(C(=O)OCC)c2)nc1C. The fourth-order valence-electron chi connectivity index (χ4n) is 2.07. The van der Waals surface area contributed by atoms with Crippen LogP contribution in [0.25, 0.3) is 0 Å². The van der Waals surface area contributed by atoms with Crippen LogP contribution in [-0.2, 0) is 14.3 Å². The highest BCUT2D eigenvalue weighted by atomic mass is 32.1. The van der Waals surface area contributed by atoms with Crippen molar-refractivity contribution in [1.82, 2.24) is 4.98 Å². The van der Waals surface area contributed by atoms with Gasteiger partial charge in [0.25, 0.3) is 5.91 Å². The van der Waals surface area contributed by atoms with Crippen molar-refractivity contribution >= 4 is 34.3 Å². The highest BCUT2D eigenvalue weighted by molar-refractivity contribution is 7.17. The number of rotatable bonds is 9. The number of hydrogen-bond acceptors (Lipinski definition) is 8. The number of benzene rings is 1. The van der Waals surface area contributed by atoms with E-state index in [4.69, 9.17) is 14.2 Å². The molecule has 1 aromatic heterocycles. The van der Waals surface area contributed by atoms with E-state index in [0.717, 1.165) is 11.3 Å². The van der Waals surface area contributed by atoms with E-state index in [1.807, 2.05) is 0 Å². The second-order valence-corrected chi connectivity index (χ2v) is 6.40. The largest absolute Gasteiger partial charge is 0.484 e. The van der Waals surface area contributed by atoms with E-state index in [1.54, 1.807) is 32.0 Å². The summed E-state index contributed by atoms with van der Waals surface area (Å²) in [4.78, 5) is 40.1. The lowest BCUT2D eigenvalue weighted by atomic mass is 10.2. The number of thiazole rings is 1. The summed E-state index contributed by atoms with van der Waals surface area (Å²) >= 11 is 1.01. The molecular weight excluding hydrogens is 384 g/mol. The molecule has 0 saturated heterocycles. The van der Waals surface area contributed by atoms with Gasteiger partial charge in [0.2, 0.25) is 0 Å². The van der Waals surface area contributed by atoms with Crippen LogP contribution in [0.3, 0.4) is 0 Å². The van der Waals surface area contributed by atoms with Crippen molar-refractivity contribution in [3.05, 3.63) is 53.1 Å². The number of carbonyl (C=O) groups is 3. The Morgan fingerprint density at radius 2 is 2.04 bits per heavy atom. The number of aromatic nitrogens is 1. The summed E-state index contributed by atoms with van der Waals surface area (Å²) < 4.78 is 15.3. The van der Waals surface area contributed by atoms with Gasteiger partial charge in [0.1, 0.15) is 17.2 Å². The Kier molecular flexibility index (Phi) is 7.70. The number of carbonyl (C=O) groups excluding carboxylic acids is 3. The van der Waals surface area contributed by atoms with Crippen LogP contribution in [-0.4, -0.2) is 42.7 Å². The second kappa shape index (κ2) is 10.2. The molecule has 28 heavy (non-hydrogen) atoms. The van der Waals surface area contributed by atoms with E-state index in [9.17, 15) is 14.4 Å². The molecule has 0 aliphatic heterocycles. The molecule has 0 radical (unpaired) electrons. The van der Waals surface area contributed by atoms with E-state index in [2.05, 4.69) is 16.9 Å². The Bertz CT molecular complexity index is 877. The third-order valence-electron chi connectivity index (χ3n) is 3.28. The van der Waals surface area contributed by atoms with Gasteiger partial charge < -0.3 is 14.2 Å². The summed E-state index contributed by atoms with van der Waals surface area (Å²) in [6, 6.07) is 6.34. The molecule has 0 unspecified atom stereocenters. The number of nitrogens with one attached hydrogen (secondary N) is 1. The number of aryl methyl sites for hydroxylation is 1. The maximum Gasteiger partial charge on any atom is 0.350 e. The topological polar surface area (TPSA) is 104 Å². The normalized spacial score (nSPS) is 10.1. The van der Waals surface area contributed by atoms with Crippen molar-refractivity contribution in [3.63, 3.8) is 0 Å². The maximum absolute atomic E-state index is 12.1. The molecule has 1 aromatic carbocycles. The zero-order valence-corrected chi connectivity index (χ0v) is 16.3. The van der Waals surface area contributed by atoms with Crippen LogP contribution >= 0.6 is 11.3 Å². The quantitative estimate of drug-likeness (QED) is 0.506. The molecule has 1 N–H and O–H groups in total. The molecule has 0 spiro atoms. The maximum atomic E-state index is 12.1. The average Bonchev–Trinajstić information content (AvgIpc) is 3.05. The van der Waals surface area contributed by atoms with E-state index < -0.39 is 17.8 Å². The van der Waals surface area contributed by atoms with E-state index in [0.29, 0.717) is 21.9 Å². The van der Waals surface area contributed by atoms with Gasteiger partial charge in [0.05, 0.1) is 17.9 Å². The average molecular weight is 404 g/mol. The van der Waals surface area contributed by atoms with Gasteiger partial charge in [-0.05, 0) is 32.0 Å². The molecule has 0 aliphatic carbocycles. The molecule has 9 heteroatoms. The Hall–Kier alpha value is -3.20. The van der Waals surface area contributed by atoms with Crippen molar-refractivity contribution < 1.29 is 28.6 Å². The molecule has 0 bridgehead atoms. The fraction of sp³-hybridized carbons (Fsp3) is 0.263. The van der Waals surface area contributed by atoms with Gasteiger partial charge in [-0.1, -0.05) is 30.1 Å². The molecular formula is C19H20N2O6S. The smallest absolute Gasteiger partial charge is 0.350 e. The third-order valence-corrected chi connectivity index (χ3v) is 4.33.